The van der Waals surface area contributed by atoms with Gasteiger partial charge in [0, 0.05) is 18.1 Å². The van der Waals surface area contributed by atoms with E-state index in [0.29, 0.717) is 28.5 Å². The number of halogens is 3. The minimum atomic E-state index is -0.458. The Hall–Kier alpha value is -4.05. The molecule has 0 saturated carbocycles. The molecule has 1 amide bonds. The van der Waals surface area contributed by atoms with E-state index in [1.54, 1.807) is 38.2 Å². The van der Waals surface area contributed by atoms with E-state index in [9.17, 15) is 13.6 Å². The van der Waals surface area contributed by atoms with Crippen LogP contribution in [-0.2, 0) is 13.6 Å². The number of benzene rings is 2. The summed E-state index contributed by atoms with van der Waals surface area (Å²) < 4.78 is 28.0. The molecule has 174 valence electrons. The second-order valence-corrected chi connectivity index (χ2v) is 7.86. The van der Waals surface area contributed by atoms with Crippen LogP contribution in [-0.4, -0.2) is 31.8 Å². The van der Waals surface area contributed by atoms with Gasteiger partial charge in [-0.05, 0) is 60.5 Å². The van der Waals surface area contributed by atoms with Crippen molar-refractivity contribution < 1.29 is 13.6 Å². The normalized spacial score (nSPS) is 11.5. The first-order valence-corrected chi connectivity index (χ1v) is 10.5. The maximum absolute atomic E-state index is 13.4. The number of aliphatic imine (C=N–C) groups is 1. The Kier molecular flexibility index (Phi) is 6.69. The monoisotopic (exact) mass is 483 g/mol. The molecule has 0 unspecified atom stereocenters. The van der Waals surface area contributed by atoms with Gasteiger partial charge in [0.2, 0.25) is 5.96 Å². The van der Waals surface area contributed by atoms with Gasteiger partial charge in [0.25, 0.3) is 5.91 Å². The molecule has 0 atom stereocenters. The predicted molar refractivity (Wildman–Crippen MR) is 126 cm³/mol. The fraction of sp³-hybridized carbons (Fsp3) is 0.130. The van der Waals surface area contributed by atoms with Crippen LogP contribution in [0.25, 0.3) is 11.3 Å². The number of aromatic amines is 1. The van der Waals surface area contributed by atoms with Crippen molar-refractivity contribution in [2.75, 3.05) is 5.32 Å². The fourth-order valence-electron chi connectivity index (χ4n) is 3.20. The van der Waals surface area contributed by atoms with Crippen LogP contribution in [0.15, 0.2) is 59.6 Å². The highest BCUT2D eigenvalue weighted by atomic mass is 35.5. The van der Waals surface area contributed by atoms with Gasteiger partial charge < -0.3 is 5.32 Å². The van der Waals surface area contributed by atoms with Crippen LogP contribution in [0.1, 0.15) is 21.7 Å². The number of nitrogens with zero attached hydrogens (tertiary/aromatic N) is 4. The van der Waals surface area contributed by atoms with E-state index in [0.717, 1.165) is 5.56 Å². The van der Waals surface area contributed by atoms with Crippen molar-refractivity contribution in [3.8, 4) is 11.3 Å². The molecule has 0 aliphatic heterocycles. The molecule has 4 rings (SSSR count). The van der Waals surface area contributed by atoms with Gasteiger partial charge in [0.05, 0.1) is 17.9 Å². The minimum absolute atomic E-state index is 0.0708. The van der Waals surface area contributed by atoms with Gasteiger partial charge in [-0.25, -0.2) is 13.8 Å². The zero-order valence-electron chi connectivity index (χ0n) is 18.2. The zero-order valence-corrected chi connectivity index (χ0v) is 19.0. The summed E-state index contributed by atoms with van der Waals surface area (Å²) in [6.45, 7) is 1.85. The number of rotatable bonds is 5. The van der Waals surface area contributed by atoms with Gasteiger partial charge in [0.15, 0.2) is 5.82 Å². The maximum Gasteiger partial charge on any atom is 0.276 e. The van der Waals surface area contributed by atoms with Gasteiger partial charge in [-0.15, -0.1) is 0 Å². The molecule has 34 heavy (non-hydrogen) atoms. The standard InChI is InChI=1S/C23H20ClF2N7O/c1-13-9-20(33(2)32-13)22(34)29-23(27-12-15-5-8-17(26)10-18(15)24)28-21-11-19(30-31-21)14-3-6-16(25)7-4-14/h3-11H,12H2,1-2H3,(H3,27,28,29,30,31,34). The molecule has 4 aromatic rings. The Morgan fingerprint density at radius 1 is 1.12 bits per heavy atom. The molecule has 0 radical (unpaired) electrons. The van der Waals surface area contributed by atoms with Crippen molar-refractivity contribution in [1.29, 1.82) is 0 Å². The van der Waals surface area contributed by atoms with Gasteiger partial charge in [0.1, 0.15) is 17.3 Å². The van der Waals surface area contributed by atoms with Crippen molar-refractivity contribution in [1.82, 2.24) is 25.3 Å². The van der Waals surface area contributed by atoms with Crippen molar-refractivity contribution in [2.45, 2.75) is 13.5 Å². The van der Waals surface area contributed by atoms with Crippen LogP contribution in [0.2, 0.25) is 5.02 Å². The van der Waals surface area contributed by atoms with E-state index < -0.39 is 11.7 Å². The number of hydrogen-bond donors (Lipinski definition) is 3. The minimum Gasteiger partial charge on any atom is -0.309 e. The number of amides is 1. The largest absolute Gasteiger partial charge is 0.309 e. The molecule has 2 aromatic carbocycles. The molecule has 11 heteroatoms. The molecule has 2 aromatic heterocycles. The third-order valence-corrected chi connectivity index (χ3v) is 5.22. The Balaban J connectivity index is 1.58. The highest BCUT2D eigenvalue weighted by Gasteiger charge is 2.15. The topological polar surface area (TPSA) is 100.0 Å². The smallest absolute Gasteiger partial charge is 0.276 e. The summed E-state index contributed by atoms with van der Waals surface area (Å²) in [6, 6.07) is 13.3. The zero-order chi connectivity index (χ0) is 24.2. The molecule has 0 aliphatic carbocycles. The molecule has 0 saturated heterocycles. The van der Waals surface area contributed by atoms with E-state index in [-0.39, 0.29) is 23.3 Å². The lowest BCUT2D eigenvalue weighted by atomic mass is 10.1. The van der Waals surface area contributed by atoms with Gasteiger partial charge in [-0.3, -0.25) is 19.9 Å². The number of nitrogens with one attached hydrogen (secondary N) is 3. The predicted octanol–water partition coefficient (Wildman–Crippen LogP) is 4.45. The van der Waals surface area contributed by atoms with Crippen LogP contribution in [0.3, 0.4) is 0 Å². The SMILES string of the molecule is Cc1cc(C(=O)NC(=NCc2ccc(F)cc2Cl)Nc2cc(-c3ccc(F)cc3)[nH]n2)n(C)n1. The third kappa shape index (κ3) is 5.46. The summed E-state index contributed by atoms with van der Waals surface area (Å²) in [5, 5.41) is 17.1. The van der Waals surface area contributed by atoms with Gasteiger partial charge >= 0.3 is 0 Å². The molecule has 0 fully saturated rings. The number of carbonyl (C=O) groups excluding carboxylic acids is 1. The number of aromatic nitrogens is 4. The molecular weight excluding hydrogens is 464 g/mol. The molecule has 3 N–H and O–H groups in total. The first kappa shape index (κ1) is 23.1. The number of guanidine groups is 1. The Labute approximate surface area is 198 Å². The number of aryl methyl sites for hydroxylation is 2. The first-order valence-electron chi connectivity index (χ1n) is 10.2. The molecule has 8 nitrogen and oxygen atoms in total. The summed E-state index contributed by atoms with van der Waals surface area (Å²) >= 11 is 6.11. The van der Waals surface area contributed by atoms with Crippen LogP contribution in [0, 0.1) is 18.6 Å². The Morgan fingerprint density at radius 3 is 2.53 bits per heavy atom. The molecule has 0 spiro atoms. The van der Waals surface area contributed by atoms with E-state index in [1.807, 2.05) is 0 Å². The number of H-pyrrole nitrogens is 1. The second kappa shape index (κ2) is 9.84. The lowest BCUT2D eigenvalue weighted by molar-refractivity contribution is 0.0967. The summed E-state index contributed by atoms with van der Waals surface area (Å²) in [5.41, 5.74) is 2.96. The van der Waals surface area contributed by atoms with Crippen molar-refractivity contribution in [2.24, 2.45) is 12.0 Å². The Morgan fingerprint density at radius 2 is 1.85 bits per heavy atom. The summed E-state index contributed by atoms with van der Waals surface area (Å²) in [5.74, 6) is -0.774. The molecule has 2 heterocycles. The average molecular weight is 484 g/mol. The van der Waals surface area contributed by atoms with Gasteiger partial charge in [-0.2, -0.15) is 10.2 Å². The number of hydrogen-bond acceptors (Lipinski definition) is 4. The average Bonchev–Trinajstić information content (AvgIpc) is 3.39. The van der Waals surface area contributed by atoms with E-state index in [2.05, 4.69) is 30.9 Å². The Bertz CT molecular complexity index is 1360. The molecule has 0 bridgehead atoms. The lowest BCUT2D eigenvalue weighted by Crippen LogP contribution is -2.37. The van der Waals surface area contributed by atoms with Crippen LogP contribution in [0.4, 0.5) is 14.6 Å². The van der Waals surface area contributed by atoms with E-state index in [4.69, 9.17) is 11.6 Å². The summed E-state index contributed by atoms with van der Waals surface area (Å²) in [7, 11) is 1.66. The lowest BCUT2D eigenvalue weighted by Gasteiger charge is -2.10. The van der Waals surface area contributed by atoms with Crippen LogP contribution in [0.5, 0.6) is 0 Å². The maximum atomic E-state index is 13.4. The highest BCUT2D eigenvalue weighted by Crippen LogP contribution is 2.21. The first-order chi connectivity index (χ1) is 16.3. The van der Waals surface area contributed by atoms with Crippen molar-refractivity contribution in [3.63, 3.8) is 0 Å². The quantitative estimate of drug-likeness (QED) is 0.288. The number of anilines is 1. The molecule has 0 aliphatic rings. The highest BCUT2D eigenvalue weighted by molar-refractivity contribution is 6.31. The molecular formula is C23H20ClF2N7O. The van der Waals surface area contributed by atoms with Crippen LogP contribution >= 0.6 is 11.6 Å². The van der Waals surface area contributed by atoms with Crippen molar-refractivity contribution in [3.05, 3.63) is 88.2 Å². The van der Waals surface area contributed by atoms with Gasteiger partial charge in [-0.1, -0.05) is 17.7 Å². The summed E-state index contributed by atoms with van der Waals surface area (Å²) in [4.78, 5) is 17.2. The number of carbonyl (C=O) groups is 1. The van der Waals surface area contributed by atoms with Crippen LogP contribution < -0.4 is 10.6 Å². The summed E-state index contributed by atoms with van der Waals surface area (Å²) in [6.07, 6.45) is 0. The van der Waals surface area contributed by atoms with E-state index in [1.165, 1.54) is 35.0 Å². The third-order valence-electron chi connectivity index (χ3n) is 4.87. The fourth-order valence-corrected chi connectivity index (χ4v) is 3.43. The van der Waals surface area contributed by atoms with Crippen molar-refractivity contribution >= 4 is 29.3 Å². The second-order valence-electron chi connectivity index (χ2n) is 7.45. The van der Waals surface area contributed by atoms with E-state index >= 15 is 0 Å².